The van der Waals surface area contributed by atoms with Gasteiger partial charge in [-0.3, -0.25) is 9.78 Å². The fourth-order valence-corrected chi connectivity index (χ4v) is 2.16. The van der Waals surface area contributed by atoms with Crippen LogP contribution in [0.4, 0.5) is 0 Å². The lowest BCUT2D eigenvalue weighted by atomic mass is 10.1. The van der Waals surface area contributed by atoms with Crippen molar-refractivity contribution in [2.75, 3.05) is 0 Å². The van der Waals surface area contributed by atoms with E-state index in [1.807, 2.05) is 68.4 Å². The van der Waals surface area contributed by atoms with E-state index in [0.717, 1.165) is 17.0 Å². The highest BCUT2D eigenvalue weighted by Gasteiger charge is 2.12. The minimum absolute atomic E-state index is 0.0571. The van der Waals surface area contributed by atoms with Crippen LogP contribution in [0, 0.1) is 18.3 Å². The second kappa shape index (κ2) is 8.44. The van der Waals surface area contributed by atoms with Crippen LogP contribution in [0.3, 0.4) is 0 Å². The summed E-state index contributed by atoms with van der Waals surface area (Å²) in [6.07, 6.45) is 4.92. The number of hydrogen-bond acceptors (Lipinski definition) is 3. The highest BCUT2D eigenvalue weighted by atomic mass is 16.1. The van der Waals surface area contributed by atoms with Gasteiger partial charge in [0.15, 0.2) is 0 Å². The standard InChI is InChI=1S/C20H19N3O/c1-15-8-6-12-19(22-15)13-7-11-18(14-21)20(24)23-16(2)17-9-4-3-5-10-17/h3-13,16H,1-2H3,(H,23,24)/b13-7+,18-11+/t16-/m0/s1. The Kier molecular flexibility index (Phi) is 6.04. The molecule has 1 atom stereocenters. The summed E-state index contributed by atoms with van der Waals surface area (Å²) >= 11 is 0. The van der Waals surface area contributed by atoms with Gasteiger partial charge in [0, 0.05) is 5.69 Å². The summed E-state index contributed by atoms with van der Waals surface area (Å²) in [4.78, 5) is 16.5. The Morgan fingerprint density at radius 1 is 1.21 bits per heavy atom. The van der Waals surface area contributed by atoms with Gasteiger partial charge in [0.05, 0.1) is 11.7 Å². The average molecular weight is 317 g/mol. The monoisotopic (exact) mass is 317 g/mol. The molecule has 0 unspecified atom stereocenters. The van der Waals surface area contributed by atoms with Crippen molar-refractivity contribution < 1.29 is 4.79 Å². The molecule has 0 aliphatic rings. The van der Waals surface area contributed by atoms with Gasteiger partial charge in [-0.05, 0) is 43.7 Å². The summed E-state index contributed by atoms with van der Waals surface area (Å²) in [5.41, 5.74) is 2.74. The molecule has 0 fully saturated rings. The number of hydrogen-bond donors (Lipinski definition) is 1. The quantitative estimate of drug-likeness (QED) is 0.519. The van der Waals surface area contributed by atoms with Crippen molar-refractivity contribution in [2.45, 2.75) is 19.9 Å². The number of carbonyl (C=O) groups is 1. The zero-order valence-electron chi connectivity index (χ0n) is 13.7. The van der Waals surface area contributed by atoms with Gasteiger partial charge in [-0.1, -0.05) is 42.5 Å². The first-order valence-corrected chi connectivity index (χ1v) is 7.68. The molecule has 120 valence electrons. The van der Waals surface area contributed by atoms with Gasteiger partial charge in [0.25, 0.3) is 5.91 Å². The average Bonchev–Trinajstić information content (AvgIpc) is 2.59. The van der Waals surface area contributed by atoms with Crippen molar-refractivity contribution in [3.8, 4) is 6.07 Å². The predicted molar refractivity (Wildman–Crippen MR) is 94.7 cm³/mol. The zero-order valence-corrected chi connectivity index (χ0v) is 13.7. The van der Waals surface area contributed by atoms with Crippen LogP contribution in [0.1, 0.15) is 29.9 Å². The predicted octanol–water partition coefficient (Wildman–Crippen LogP) is 3.73. The third-order valence-corrected chi connectivity index (χ3v) is 3.45. The Morgan fingerprint density at radius 2 is 1.96 bits per heavy atom. The molecule has 1 aromatic carbocycles. The normalized spacial score (nSPS) is 12.6. The minimum atomic E-state index is -0.393. The van der Waals surface area contributed by atoms with Crippen LogP contribution in [0.5, 0.6) is 0 Å². The lowest BCUT2D eigenvalue weighted by Crippen LogP contribution is -2.27. The Balaban J connectivity index is 2.04. The van der Waals surface area contributed by atoms with Crippen molar-refractivity contribution in [2.24, 2.45) is 0 Å². The van der Waals surface area contributed by atoms with Crippen molar-refractivity contribution in [1.29, 1.82) is 5.26 Å². The van der Waals surface area contributed by atoms with Gasteiger partial charge < -0.3 is 5.32 Å². The zero-order chi connectivity index (χ0) is 17.4. The number of carbonyl (C=O) groups excluding carboxylic acids is 1. The van der Waals surface area contributed by atoms with Gasteiger partial charge in [0.1, 0.15) is 11.6 Å². The lowest BCUT2D eigenvalue weighted by molar-refractivity contribution is -0.117. The molecule has 4 heteroatoms. The maximum absolute atomic E-state index is 12.2. The van der Waals surface area contributed by atoms with E-state index in [0.29, 0.717) is 0 Å². The number of pyridine rings is 1. The van der Waals surface area contributed by atoms with Crippen LogP contribution in [-0.2, 0) is 4.79 Å². The van der Waals surface area contributed by atoms with E-state index < -0.39 is 5.91 Å². The maximum Gasteiger partial charge on any atom is 0.262 e. The third-order valence-electron chi connectivity index (χ3n) is 3.45. The molecule has 0 radical (unpaired) electrons. The van der Waals surface area contributed by atoms with Crippen LogP contribution >= 0.6 is 0 Å². The first-order chi connectivity index (χ1) is 11.6. The molecule has 1 N–H and O–H groups in total. The highest BCUT2D eigenvalue weighted by Crippen LogP contribution is 2.12. The van der Waals surface area contributed by atoms with Crippen LogP contribution in [0.25, 0.3) is 6.08 Å². The third kappa shape index (κ3) is 4.92. The second-order valence-electron chi connectivity index (χ2n) is 5.36. The largest absolute Gasteiger partial charge is 0.345 e. The molecule has 1 amide bonds. The van der Waals surface area contributed by atoms with Crippen LogP contribution in [0.2, 0.25) is 0 Å². The topological polar surface area (TPSA) is 65.8 Å². The molecule has 0 aliphatic carbocycles. The van der Waals surface area contributed by atoms with E-state index in [4.69, 9.17) is 0 Å². The number of nitriles is 1. The van der Waals surface area contributed by atoms with E-state index in [9.17, 15) is 10.1 Å². The summed E-state index contributed by atoms with van der Waals surface area (Å²) in [6, 6.07) is 17.1. The molecular formula is C20H19N3O. The maximum atomic E-state index is 12.2. The number of benzene rings is 1. The van der Waals surface area contributed by atoms with Gasteiger partial charge in [-0.2, -0.15) is 5.26 Å². The molecule has 1 aromatic heterocycles. The molecule has 0 aliphatic heterocycles. The van der Waals surface area contributed by atoms with E-state index >= 15 is 0 Å². The number of aryl methyl sites for hydroxylation is 1. The van der Waals surface area contributed by atoms with Gasteiger partial charge in [-0.15, -0.1) is 0 Å². The molecule has 2 rings (SSSR count). The molecular weight excluding hydrogens is 298 g/mol. The van der Waals surface area contributed by atoms with Crippen LogP contribution < -0.4 is 5.32 Å². The molecule has 2 aromatic rings. The van der Waals surface area contributed by atoms with Crippen LogP contribution in [0.15, 0.2) is 66.3 Å². The summed E-state index contributed by atoms with van der Waals surface area (Å²) in [6.45, 7) is 3.79. The SMILES string of the molecule is Cc1cccc(/C=C/C=C(\C#N)C(=O)N[C@@H](C)c2ccccc2)n1. The molecule has 24 heavy (non-hydrogen) atoms. The summed E-state index contributed by atoms with van der Waals surface area (Å²) in [5, 5.41) is 12.0. The highest BCUT2D eigenvalue weighted by molar-refractivity contribution is 5.97. The van der Waals surface area contributed by atoms with E-state index in [1.54, 1.807) is 12.2 Å². The molecule has 0 bridgehead atoms. The van der Waals surface area contributed by atoms with E-state index in [1.165, 1.54) is 6.08 Å². The van der Waals surface area contributed by atoms with Gasteiger partial charge in [0.2, 0.25) is 0 Å². The Bertz CT molecular complexity index is 801. The van der Waals surface area contributed by atoms with E-state index in [-0.39, 0.29) is 11.6 Å². The molecule has 0 saturated carbocycles. The smallest absolute Gasteiger partial charge is 0.262 e. The molecule has 0 spiro atoms. The number of rotatable bonds is 5. The second-order valence-corrected chi connectivity index (χ2v) is 5.36. The number of nitrogens with zero attached hydrogens (tertiary/aromatic N) is 2. The number of amides is 1. The number of nitrogens with one attached hydrogen (secondary N) is 1. The summed E-state index contributed by atoms with van der Waals surface area (Å²) < 4.78 is 0. The Morgan fingerprint density at radius 3 is 2.62 bits per heavy atom. The number of allylic oxidation sites excluding steroid dienone is 2. The Labute approximate surface area is 142 Å². The molecule has 4 nitrogen and oxygen atoms in total. The summed E-state index contributed by atoms with van der Waals surface area (Å²) in [7, 11) is 0. The first kappa shape index (κ1) is 17.2. The Hall–Kier alpha value is -3.19. The van der Waals surface area contributed by atoms with E-state index in [2.05, 4.69) is 10.3 Å². The van der Waals surface area contributed by atoms with Crippen molar-refractivity contribution in [1.82, 2.24) is 10.3 Å². The van der Waals surface area contributed by atoms with Crippen LogP contribution in [-0.4, -0.2) is 10.9 Å². The van der Waals surface area contributed by atoms with Crippen molar-refractivity contribution >= 4 is 12.0 Å². The molecule has 0 saturated heterocycles. The number of aromatic nitrogens is 1. The lowest BCUT2D eigenvalue weighted by Gasteiger charge is -2.13. The fraction of sp³-hybridized carbons (Fsp3) is 0.150. The van der Waals surface area contributed by atoms with Crippen molar-refractivity contribution in [3.05, 3.63) is 83.2 Å². The molecule has 1 heterocycles. The fourth-order valence-electron chi connectivity index (χ4n) is 2.16. The minimum Gasteiger partial charge on any atom is -0.345 e. The van der Waals surface area contributed by atoms with Crippen molar-refractivity contribution in [3.63, 3.8) is 0 Å². The van der Waals surface area contributed by atoms with Gasteiger partial charge in [-0.25, -0.2) is 0 Å². The first-order valence-electron chi connectivity index (χ1n) is 7.68. The van der Waals surface area contributed by atoms with Gasteiger partial charge >= 0.3 is 0 Å². The summed E-state index contributed by atoms with van der Waals surface area (Å²) in [5.74, 6) is -0.393.